The van der Waals surface area contributed by atoms with E-state index >= 15 is 0 Å². The predicted molar refractivity (Wildman–Crippen MR) is 137 cm³/mol. The summed E-state index contributed by atoms with van der Waals surface area (Å²) in [5, 5.41) is 2.89. The summed E-state index contributed by atoms with van der Waals surface area (Å²) in [7, 11) is 1.59. The number of amides is 1. The van der Waals surface area contributed by atoms with Gasteiger partial charge in [-0.1, -0.05) is 36.4 Å². The van der Waals surface area contributed by atoms with Crippen molar-refractivity contribution in [2.75, 3.05) is 18.2 Å². The standard InChI is InChI=1S/C29H23NO3S/c1-33-24-11-6-19(7-12-24)29(32)30-23-9-13-25(14-10-23)34-18-28(31)21-8-15-27-22(17-21)16-20-4-2-3-5-26(20)27/h2-15,17H,16,18H2,1H3,(H,30,32). The molecular formula is C29H23NO3S. The van der Waals surface area contributed by atoms with Gasteiger partial charge in [0.05, 0.1) is 12.9 Å². The van der Waals surface area contributed by atoms with Gasteiger partial charge in [0.15, 0.2) is 5.78 Å². The second kappa shape index (κ2) is 9.57. The Hall–Kier alpha value is -3.83. The Morgan fingerprint density at radius 2 is 1.53 bits per heavy atom. The Bertz CT molecular complexity index is 1360. The molecule has 0 heterocycles. The first-order valence-electron chi connectivity index (χ1n) is 11.0. The fourth-order valence-corrected chi connectivity index (χ4v) is 4.92. The topological polar surface area (TPSA) is 55.4 Å². The Morgan fingerprint density at radius 1 is 0.824 bits per heavy atom. The van der Waals surface area contributed by atoms with E-state index < -0.39 is 0 Å². The minimum atomic E-state index is -0.183. The van der Waals surface area contributed by atoms with Crippen molar-refractivity contribution in [1.29, 1.82) is 0 Å². The van der Waals surface area contributed by atoms with Crippen LogP contribution in [0.1, 0.15) is 31.8 Å². The molecule has 168 valence electrons. The summed E-state index contributed by atoms with van der Waals surface area (Å²) in [6.45, 7) is 0. The van der Waals surface area contributed by atoms with Crippen LogP contribution in [0.3, 0.4) is 0 Å². The number of anilines is 1. The monoisotopic (exact) mass is 465 g/mol. The van der Waals surface area contributed by atoms with E-state index in [4.69, 9.17) is 4.74 Å². The number of rotatable bonds is 7. The molecule has 0 fully saturated rings. The SMILES string of the molecule is COc1ccc(C(=O)Nc2ccc(SCC(=O)c3ccc4c(c3)Cc3ccccc3-4)cc2)cc1. The van der Waals surface area contributed by atoms with Crippen LogP contribution in [0.4, 0.5) is 5.69 Å². The number of methoxy groups -OCH3 is 1. The smallest absolute Gasteiger partial charge is 0.255 e. The van der Waals surface area contributed by atoms with E-state index in [1.54, 1.807) is 31.4 Å². The predicted octanol–water partition coefficient (Wildman–Crippen LogP) is 6.49. The van der Waals surface area contributed by atoms with Gasteiger partial charge >= 0.3 is 0 Å². The lowest BCUT2D eigenvalue weighted by Crippen LogP contribution is -2.11. The third-order valence-corrected chi connectivity index (χ3v) is 6.96. The molecular weight excluding hydrogens is 442 g/mol. The first kappa shape index (κ1) is 22.0. The molecule has 4 nitrogen and oxygen atoms in total. The Balaban J connectivity index is 1.18. The third-order valence-electron chi connectivity index (χ3n) is 5.95. The highest BCUT2D eigenvalue weighted by atomic mass is 32.2. The van der Waals surface area contributed by atoms with Crippen LogP contribution in [0.25, 0.3) is 11.1 Å². The highest BCUT2D eigenvalue weighted by Crippen LogP contribution is 2.37. The number of carbonyl (C=O) groups excluding carboxylic acids is 2. The Kier molecular flexibility index (Phi) is 6.19. The number of carbonyl (C=O) groups is 2. The zero-order valence-corrected chi connectivity index (χ0v) is 19.5. The van der Waals surface area contributed by atoms with Crippen LogP contribution in [0, 0.1) is 0 Å². The lowest BCUT2D eigenvalue weighted by atomic mass is 10.0. The van der Waals surface area contributed by atoms with E-state index in [0.29, 0.717) is 22.8 Å². The highest BCUT2D eigenvalue weighted by molar-refractivity contribution is 8.00. The van der Waals surface area contributed by atoms with Gasteiger partial charge in [-0.3, -0.25) is 9.59 Å². The summed E-state index contributed by atoms with van der Waals surface area (Å²) < 4.78 is 5.12. The normalized spacial score (nSPS) is 11.4. The van der Waals surface area contributed by atoms with E-state index in [1.165, 1.54) is 34.0 Å². The molecule has 0 bridgehead atoms. The van der Waals surface area contributed by atoms with Gasteiger partial charge in [-0.15, -0.1) is 11.8 Å². The van der Waals surface area contributed by atoms with Crippen molar-refractivity contribution in [1.82, 2.24) is 0 Å². The second-order valence-electron chi connectivity index (χ2n) is 8.12. The number of hydrogen-bond acceptors (Lipinski definition) is 4. The van der Waals surface area contributed by atoms with Crippen LogP contribution < -0.4 is 10.1 Å². The van der Waals surface area contributed by atoms with Gasteiger partial charge < -0.3 is 10.1 Å². The van der Waals surface area contributed by atoms with Gasteiger partial charge in [0.2, 0.25) is 0 Å². The molecule has 1 amide bonds. The summed E-state index contributed by atoms with van der Waals surface area (Å²) in [5.74, 6) is 0.999. The first-order valence-corrected chi connectivity index (χ1v) is 12.0. The first-order chi connectivity index (χ1) is 16.6. The van der Waals surface area contributed by atoms with E-state index in [-0.39, 0.29) is 11.7 Å². The van der Waals surface area contributed by atoms with Crippen LogP contribution in [0.2, 0.25) is 0 Å². The highest BCUT2D eigenvalue weighted by Gasteiger charge is 2.19. The zero-order valence-electron chi connectivity index (χ0n) is 18.7. The summed E-state index contributed by atoms with van der Waals surface area (Å²) in [5.41, 5.74) is 7.04. The molecule has 0 aromatic heterocycles. The van der Waals surface area contributed by atoms with E-state index in [0.717, 1.165) is 16.9 Å². The Labute approximate surface area is 203 Å². The van der Waals surface area contributed by atoms with Crippen molar-refractivity contribution in [3.05, 3.63) is 113 Å². The quantitative estimate of drug-likeness (QED) is 0.220. The average molecular weight is 466 g/mol. The van der Waals surface area contributed by atoms with Crippen LogP contribution in [0.5, 0.6) is 5.75 Å². The molecule has 0 aliphatic heterocycles. The molecule has 4 aromatic carbocycles. The van der Waals surface area contributed by atoms with Gasteiger partial charge in [0.1, 0.15) is 5.75 Å². The maximum atomic E-state index is 12.8. The minimum Gasteiger partial charge on any atom is -0.497 e. The number of Topliss-reactive ketones (excluding diaryl/α,β-unsaturated/α-hetero) is 1. The number of benzene rings is 4. The number of ether oxygens (including phenoxy) is 1. The number of thioether (sulfide) groups is 1. The number of nitrogens with one attached hydrogen (secondary N) is 1. The lowest BCUT2D eigenvalue weighted by molar-refractivity contribution is 0.101. The van der Waals surface area contributed by atoms with Crippen molar-refractivity contribution in [3.63, 3.8) is 0 Å². The molecule has 0 saturated heterocycles. The van der Waals surface area contributed by atoms with Crippen molar-refractivity contribution in [2.24, 2.45) is 0 Å². The molecule has 4 aromatic rings. The third kappa shape index (κ3) is 4.61. The van der Waals surface area contributed by atoms with Crippen LogP contribution in [-0.4, -0.2) is 24.6 Å². The van der Waals surface area contributed by atoms with Crippen LogP contribution >= 0.6 is 11.8 Å². The molecule has 1 N–H and O–H groups in total. The van der Waals surface area contributed by atoms with Gasteiger partial charge in [0.25, 0.3) is 5.91 Å². The number of ketones is 1. The van der Waals surface area contributed by atoms with E-state index in [1.807, 2.05) is 36.4 Å². The molecule has 5 rings (SSSR count). The van der Waals surface area contributed by atoms with Crippen LogP contribution in [-0.2, 0) is 6.42 Å². The minimum absolute atomic E-state index is 0.112. The maximum Gasteiger partial charge on any atom is 0.255 e. The fraction of sp³-hybridized carbons (Fsp3) is 0.103. The molecule has 1 aliphatic carbocycles. The summed E-state index contributed by atoms with van der Waals surface area (Å²) in [6.07, 6.45) is 0.878. The lowest BCUT2D eigenvalue weighted by Gasteiger charge is -2.08. The number of hydrogen-bond donors (Lipinski definition) is 1. The average Bonchev–Trinajstić information content (AvgIpc) is 3.26. The van der Waals surface area contributed by atoms with E-state index in [9.17, 15) is 9.59 Å². The van der Waals surface area contributed by atoms with Crippen molar-refractivity contribution in [2.45, 2.75) is 11.3 Å². The van der Waals surface area contributed by atoms with E-state index in [2.05, 4.69) is 35.6 Å². The molecule has 0 radical (unpaired) electrons. The molecule has 34 heavy (non-hydrogen) atoms. The zero-order chi connectivity index (χ0) is 23.5. The molecule has 0 atom stereocenters. The second-order valence-corrected chi connectivity index (χ2v) is 9.17. The molecule has 0 unspecified atom stereocenters. The van der Waals surface area contributed by atoms with Crippen LogP contribution in [0.15, 0.2) is 95.9 Å². The van der Waals surface area contributed by atoms with Gasteiger partial charge in [-0.05, 0) is 83.3 Å². The van der Waals surface area contributed by atoms with Gasteiger partial charge in [0, 0.05) is 21.7 Å². The summed E-state index contributed by atoms with van der Waals surface area (Å²) >= 11 is 1.50. The largest absolute Gasteiger partial charge is 0.497 e. The van der Waals surface area contributed by atoms with Crippen molar-refractivity contribution >= 4 is 29.1 Å². The summed E-state index contributed by atoms with van der Waals surface area (Å²) in [4.78, 5) is 26.2. The molecule has 0 saturated carbocycles. The van der Waals surface area contributed by atoms with Gasteiger partial charge in [-0.25, -0.2) is 0 Å². The maximum absolute atomic E-state index is 12.8. The molecule has 0 spiro atoms. The van der Waals surface area contributed by atoms with Crippen molar-refractivity contribution in [3.8, 4) is 16.9 Å². The summed E-state index contributed by atoms with van der Waals surface area (Å²) in [6, 6.07) is 28.9. The Morgan fingerprint density at radius 3 is 2.29 bits per heavy atom. The fourth-order valence-electron chi connectivity index (χ4n) is 4.13. The number of fused-ring (bicyclic) bond motifs is 3. The molecule has 1 aliphatic rings. The van der Waals surface area contributed by atoms with Gasteiger partial charge in [-0.2, -0.15) is 0 Å². The molecule has 5 heteroatoms. The van der Waals surface area contributed by atoms with Crippen molar-refractivity contribution < 1.29 is 14.3 Å².